The minimum absolute atomic E-state index is 0.0201. The van der Waals surface area contributed by atoms with Gasteiger partial charge in [0.2, 0.25) is 0 Å². The fourth-order valence-corrected chi connectivity index (χ4v) is 3.58. The quantitative estimate of drug-likeness (QED) is 0.540. The Labute approximate surface area is 154 Å². The fraction of sp³-hybridized carbons (Fsp3) is 0.143. The molecule has 5 nitrogen and oxygen atoms in total. The van der Waals surface area contributed by atoms with E-state index in [2.05, 4.69) is 16.8 Å². The molecule has 0 aliphatic rings. The third-order valence-corrected chi connectivity index (χ3v) is 4.71. The number of aromatic nitrogens is 3. The molecule has 0 unspecified atom stereocenters. The van der Waals surface area contributed by atoms with Crippen molar-refractivity contribution in [3.63, 3.8) is 0 Å². The van der Waals surface area contributed by atoms with Gasteiger partial charge in [-0.15, -0.1) is 0 Å². The van der Waals surface area contributed by atoms with Crippen LogP contribution >= 0.6 is 0 Å². The summed E-state index contributed by atoms with van der Waals surface area (Å²) in [5, 5.41) is 18.1. The van der Waals surface area contributed by atoms with Gasteiger partial charge in [-0.25, -0.2) is 4.39 Å². The van der Waals surface area contributed by atoms with Crippen molar-refractivity contribution in [2.24, 2.45) is 0 Å². The number of fused-ring (bicyclic) bond motifs is 2. The number of carboxylic acids is 1. The van der Waals surface area contributed by atoms with Crippen LogP contribution in [0.5, 0.6) is 0 Å². The molecule has 0 amide bonds. The highest BCUT2D eigenvalue weighted by Gasteiger charge is 2.20. The van der Waals surface area contributed by atoms with Crippen molar-refractivity contribution in [3.8, 4) is 5.69 Å². The van der Waals surface area contributed by atoms with E-state index in [1.807, 2.05) is 23.6 Å². The lowest BCUT2D eigenvalue weighted by molar-refractivity contribution is -0.136. The Morgan fingerprint density at radius 3 is 2.70 bits per heavy atom. The number of hydrogen-bond acceptors (Lipinski definition) is 2. The predicted octanol–water partition coefficient (Wildman–Crippen LogP) is 4.70. The van der Waals surface area contributed by atoms with E-state index in [1.165, 1.54) is 12.1 Å². The standard InChI is InChI=1S/C21H18FN3O2/c1-12(2)21-16(7-8-20(26)27)17-9-13-11-23-24-18(13)10-19(17)25(21)15-5-3-14(22)4-6-15/h3-6,9-11H,1,7-8H2,2H3,(H,23,24)(H,26,27). The number of allylic oxidation sites excluding steroid dienone is 1. The first-order chi connectivity index (χ1) is 13.0. The first-order valence-corrected chi connectivity index (χ1v) is 8.59. The van der Waals surface area contributed by atoms with Gasteiger partial charge in [-0.3, -0.25) is 9.89 Å². The molecule has 136 valence electrons. The molecule has 27 heavy (non-hydrogen) atoms. The largest absolute Gasteiger partial charge is 0.481 e. The molecule has 2 aromatic heterocycles. The van der Waals surface area contributed by atoms with Gasteiger partial charge >= 0.3 is 5.97 Å². The number of aryl methyl sites for hydroxylation is 1. The maximum atomic E-state index is 13.5. The lowest BCUT2D eigenvalue weighted by atomic mass is 10.0. The molecule has 2 heterocycles. The number of rotatable bonds is 5. The van der Waals surface area contributed by atoms with Crippen molar-refractivity contribution in [3.05, 3.63) is 66.2 Å². The molecule has 0 aliphatic heterocycles. The highest BCUT2D eigenvalue weighted by Crippen LogP contribution is 2.36. The van der Waals surface area contributed by atoms with Gasteiger partial charge in [0.25, 0.3) is 0 Å². The fourth-order valence-electron chi connectivity index (χ4n) is 3.58. The van der Waals surface area contributed by atoms with E-state index in [-0.39, 0.29) is 12.2 Å². The van der Waals surface area contributed by atoms with Crippen LogP contribution in [0, 0.1) is 5.82 Å². The van der Waals surface area contributed by atoms with E-state index in [0.29, 0.717) is 6.42 Å². The molecule has 0 aliphatic carbocycles. The molecule has 2 aromatic carbocycles. The van der Waals surface area contributed by atoms with Crippen molar-refractivity contribution in [1.29, 1.82) is 0 Å². The summed E-state index contributed by atoms with van der Waals surface area (Å²) >= 11 is 0. The molecule has 0 fully saturated rings. The highest BCUT2D eigenvalue weighted by atomic mass is 19.1. The monoisotopic (exact) mass is 363 g/mol. The van der Waals surface area contributed by atoms with Gasteiger partial charge in [-0.1, -0.05) is 6.58 Å². The van der Waals surface area contributed by atoms with E-state index in [4.69, 9.17) is 0 Å². The average Bonchev–Trinajstić information content (AvgIpc) is 3.20. The van der Waals surface area contributed by atoms with Crippen LogP contribution in [0.3, 0.4) is 0 Å². The Balaban J connectivity index is 2.09. The Morgan fingerprint density at radius 1 is 1.30 bits per heavy atom. The van der Waals surface area contributed by atoms with Crippen LogP contribution in [-0.4, -0.2) is 25.8 Å². The summed E-state index contributed by atoms with van der Waals surface area (Å²) in [6.45, 7) is 6.00. The SMILES string of the molecule is C=C(C)c1c(CCC(=O)O)c2cc3cn[nH]c3cc2n1-c1ccc(F)cc1. The van der Waals surface area contributed by atoms with Crippen LogP contribution < -0.4 is 0 Å². The maximum absolute atomic E-state index is 13.5. The second kappa shape index (κ2) is 6.39. The van der Waals surface area contributed by atoms with Crippen LogP contribution in [0.4, 0.5) is 4.39 Å². The molecule has 6 heteroatoms. The Hall–Kier alpha value is -3.41. The second-order valence-electron chi connectivity index (χ2n) is 6.64. The third kappa shape index (κ3) is 2.89. The third-order valence-electron chi connectivity index (χ3n) is 4.71. The van der Waals surface area contributed by atoms with E-state index < -0.39 is 5.97 Å². The van der Waals surface area contributed by atoms with Crippen molar-refractivity contribution in [1.82, 2.24) is 14.8 Å². The predicted molar refractivity (Wildman–Crippen MR) is 104 cm³/mol. The molecule has 4 rings (SSSR count). The first kappa shape index (κ1) is 17.0. The molecular weight excluding hydrogens is 345 g/mol. The van der Waals surface area contributed by atoms with Gasteiger partial charge < -0.3 is 9.67 Å². The zero-order valence-corrected chi connectivity index (χ0v) is 14.8. The van der Waals surface area contributed by atoms with E-state index >= 15 is 0 Å². The van der Waals surface area contributed by atoms with Crippen LogP contribution in [0.25, 0.3) is 33.1 Å². The molecule has 4 aromatic rings. The van der Waals surface area contributed by atoms with E-state index in [0.717, 1.165) is 44.3 Å². The summed E-state index contributed by atoms with van der Waals surface area (Å²) in [7, 11) is 0. The number of aromatic amines is 1. The van der Waals surface area contributed by atoms with Crippen molar-refractivity contribution in [2.75, 3.05) is 0 Å². The van der Waals surface area contributed by atoms with Gasteiger partial charge in [0.1, 0.15) is 5.82 Å². The number of carbonyl (C=O) groups is 1. The van der Waals surface area contributed by atoms with Crippen molar-refractivity contribution >= 4 is 33.3 Å². The van der Waals surface area contributed by atoms with Gasteiger partial charge in [0.15, 0.2) is 0 Å². The van der Waals surface area contributed by atoms with Gasteiger partial charge in [-0.2, -0.15) is 5.10 Å². The number of halogens is 1. The first-order valence-electron chi connectivity index (χ1n) is 8.59. The second-order valence-corrected chi connectivity index (χ2v) is 6.64. The number of nitrogens with zero attached hydrogens (tertiary/aromatic N) is 2. The summed E-state index contributed by atoms with van der Waals surface area (Å²) in [6.07, 6.45) is 2.14. The topological polar surface area (TPSA) is 70.9 Å². The minimum Gasteiger partial charge on any atom is -0.481 e. The number of hydrogen-bond donors (Lipinski definition) is 2. The van der Waals surface area contributed by atoms with Crippen LogP contribution in [0.15, 0.2) is 49.2 Å². The van der Waals surface area contributed by atoms with Gasteiger partial charge in [0.05, 0.1) is 22.9 Å². The van der Waals surface area contributed by atoms with Crippen LogP contribution in [0.1, 0.15) is 24.6 Å². The van der Waals surface area contributed by atoms with Crippen molar-refractivity contribution in [2.45, 2.75) is 19.8 Å². The molecule has 0 saturated heterocycles. The molecular formula is C21H18FN3O2. The molecule has 0 radical (unpaired) electrons. The maximum Gasteiger partial charge on any atom is 0.303 e. The summed E-state index contributed by atoms with van der Waals surface area (Å²) in [5.41, 5.74) is 5.17. The van der Waals surface area contributed by atoms with Crippen LogP contribution in [-0.2, 0) is 11.2 Å². The molecule has 2 N–H and O–H groups in total. The number of H-pyrrole nitrogens is 1. The number of benzene rings is 2. The van der Waals surface area contributed by atoms with Crippen LogP contribution in [0.2, 0.25) is 0 Å². The number of aliphatic carboxylic acids is 1. The molecule has 0 atom stereocenters. The zero-order valence-electron chi connectivity index (χ0n) is 14.8. The lowest BCUT2D eigenvalue weighted by Crippen LogP contribution is -2.02. The summed E-state index contributed by atoms with van der Waals surface area (Å²) in [6, 6.07) is 10.2. The van der Waals surface area contributed by atoms with E-state index in [1.54, 1.807) is 18.3 Å². The number of nitrogens with one attached hydrogen (secondary N) is 1. The van der Waals surface area contributed by atoms with E-state index in [9.17, 15) is 14.3 Å². The van der Waals surface area contributed by atoms with Gasteiger partial charge in [-0.05, 0) is 60.9 Å². The summed E-state index contributed by atoms with van der Waals surface area (Å²) in [5.74, 6) is -1.16. The summed E-state index contributed by atoms with van der Waals surface area (Å²) < 4.78 is 15.5. The highest BCUT2D eigenvalue weighted by molar-refractivity contribution is 6.00. The Kier molecular flexibility index (Phi) is 4.03. The minimum atomic E-state index is -0.852. The smallest absolute Gasteiger partial charge is 0.303 e. The Morgan fingerprint density at radius 2 is 2.04 bits per heavy atom. The molecule has 0 bridgehead atoms. The molecule has 0 saturated carbocycles. The van der Waals surface area contributed by atoms with Gasteiger partial charge in [0, 0.05) is 22.9 Å². The van der Waals surface area contributed by atoms with Crippen molar-refractivity contribution < 1.29 is 14.3 Å². The average molecular weight is 363 g/mol. The Bertz CT molecular complexity index is 1190. The normalized spacial score (nSPS) is 11.3. The lowest BCUT2D eigenvalue weighted by Gasteiger charge is -2.12. The summed E-state index contributed by atoms with van der Waals surface area (Å²) in [4.78, 5) is 11.2. The number of carboxylic acid groups (broad SMARTS) is 1. The molecule has 0 spiro atoms. The zero-order chi connectivity index (χ0) is 19.1.